The van der Waals surface area contributed by atoms with Gasteiger partial charge < -0.3 is 34.6 Å². The van der Waals surface area contributed by atoms with Gasteiger partial charge in [-0.2, -0.15) is 0 Å². The fourth-order valence-electron chi connectivity index (χ4n) is 5.33. The lowest BCUT2D eigenvalue weighted by Gasteiger charge is -2.27. The summed E-state index contributed by atoms with van der Waals surface area (Å²) in [5.41, 5.74) is 4.86. The first kappa shape index (κ1) is 35.0. The molecular formula is C39H48O7. The number of benzene rings is 4. The third-order valence-corrected chi connectivity index (χ3v) is 8.78. The molecule has 2 atom stereocenters. The quantitative estimate of drug-likeness (QED) is 0.107. The van der Waals surface area contributed by atoms with Crippen molar-refractivity contribution in [3.63, 3.8) is 0 Å². The number of aliphatic hydroxyl groups excluding tert-OH is 4. The zero-order valence-corrected chi connectivity index (χ0v) is 27.5. The van der Waals surface area contributed by atoms with E-state index in [1.165, 1.54) is 0 Å². The highest BCUT2D eigenvalue weighted by atomic mass is 16.6. The van der Waals surface area contributed by atoms with Gasteiger partial charge in [0.2, 0.25) is 0 Å². The molecule has 0 radical (unpaired) electrons. The van der Waals surface area contributed by atoms with E-state index in [0.717, 1.165) is 27.8 Å². The molecule has 46 heavy (non-hydrogen) atoms. The van der Waals surface area contributed by atoms with Crippen LogP contribution in [0.3, 0.4) is 0 Å². The third kappa shape index (κ3) is 8.68. The molecule has 0 spiro atoms. The predicted molar refractivity (Wildman–Crippen MR) is 181 cm³/mol. The van der Waals surface area contributed by atoms with Crippen molar-refractivity contribution in [2.75, 3.05) is 26.4 Å². The number of hydrogen-bond donors (Lipinski definition) is 4. The molecule has 7 heteroatoms. The molecule has 0 heterocycles. The van der Waals surface area contributed by atoms with Crippen molar-refractivity contribution in [2.24, 2.45) is 0 Å². The summed E-state index contributed by atoms with van der Waals surface area (Å²) in [6.07, 6.45) is -1.09. The molecule has 0 bridgehead atoms. The smallest absolute Gasteiger partial charge is 0.197 e. The fourth-order valence-corrected chi connectivity index (χ4v) is 5.33. The summed E-state index contributed by atoms with van der Waals surface area (Å²) in [4.78, 5) is 0. The summed E-state index contributed by atoms with van der Waals surface area (Å²) in [6, 6.07) is 31.5. The maximum absolute atomic E-state index is 10.5. The minimum absolute atomic E-state index is 0.0896. The molecule has 0 amide bonds. The molecule has 246 valence electrons. The molecule has 4 aromatic rings. The van der Waals surface area contributed by atoms with E-state index in [9.17, 15) is 20.4 Å². The molecule has 0 aliphatic rings. The van der Waals surface area contributed by atoms with Gasteiger partial charge in [-0.15, -0.1) is 0 Å². The van der Waals surface area contributed by atoms with Crippen molar-refractivity contribution in [3.8, 4) is 17.2 Å². The molecule has 7 nitrogen and oxygen atoms in total. The van der Waals surface area contributed by atoms with Crippen LogP contribution in [0, 0.1) is 0 Å². The molecular weight excluding hydrogens is 580 g/mol. The molecule has 0 aliphatic heterocycles. The van der Waals surface area contributed by atoms with Gasteiger partial charge >= 0.3 is 0 Å². The first-order valence-electron chi connectivity index (χ1n) is 15.9. The Morgan fingerprint density at radius 1 is 0.543 bits per heavy atom. The van der Waals surface area contributed by atoms with Gasteiger partial charge in [-0.05, 0) is 64.2 Å². The van der Waals surface area contributed by atoms with Gasteiger partial charge in [0.05, 0.1) is 13.2 Å². The van der Waals surface area contributed by atoms with Crippen LogP contribution in [-0.4, -0.2) is 59.2 Å². The topological polar surface area (TPSA) is 109 Å². The highest BCUT2D eigenvalue weighted by Gasteiger charge is 2.25. The summed E-state index contributed by atoms with van der Waals surface area (Å²) >= 11 is 0. The van der Waals surface area contributed by atoms with Crippen LogP contribution in [-0.2, 0) is 10.8 Å². The van der Waals surface area contributed by atoms with Crippen molar-refractivity contribution in [3.05, 3.63) is 125 Å². The Morgan fingerprint density at radius 2 is 0.891 bits per heavy atom. The summed E-state index contributed by atoms with van der Waals surface area (Å²) in [6.45, 7) is 10.5. The third-order valence-electron chi connectivity index (χ3n) is 8.78. The first-order chi connectivity index (χ1) is 22.0. The van der Waals surface area contributed by atoms with Crippen LogP contribution in [0.15, 0.2) is 97.1 Å². The minimum atomic E-state index is -0.807. The molecule has 0 saturated carbocycles. The number of ether oxygens (including phenoxy) is 3. The predicted octanol–water partition coefficient (Wildman–Crippen LogP) is 6.33. The molecule has 0 saturated heterocycles. The van der Waals surface area contributed by atoms with E-state index in [1.807, 2.05) is 104 Å². The van der Waals surface area contributed by atoms with Gasteiger partial charge in [0.15, 0.2) is 6.29 Å². The van der Waals surface area contributed by atoms with Gasteiger partial charge in [0, 0.05) is 23.2 Å². The van der Waals surface area contributed by atoms with E-state index in [1.54, 1.807) is 0 Å². The normalized spacial score (nSPS) is 13.3. The zero-order chi connectivity index (χ0) is 33.3. The molecule has 4 rings (SSSR count). The van der Waals surface area contributed by atoms with Crippen molar-refractivity contribution in [1.29, 1.82) is 0 Å². The lowest BCUT2D eigenvalue weighted by molar-refractivity contribution is -0.0191. The Morgan fingerprint density at radius 3 is 1.24 bits per heavy atom. The number of rotatable bonds is 16. The van der Waals surface area contributed by atoms with Crippen LogP contribution in [0.5, 0.6) is 17.2 Å². The Kier molecular flexibility index (Phi) is 11.9. The van der Waals surface area contributed by atoms with Gasteiger partial charge in [0.25, 0.3) is 0 Å². The lowest BCUT2D eigenvalue weighted by atomic mass is 9.77. The van der Waals surface area contributed by atoms with Crippen molar-refractivity contribution in [1.82, 2.24) is 0 Å². The second-order valence-corrected chi connectivity index (χ2v) is 12.8. The van der Waals surface area contributed by atoms with E-state index in [0.29, 0.717) is 23.7 Å². The van der Waals surface area contributed by atoms with Crippen LogP contribution >= 0.6 is 0 Å². The first-order valence-corrected chi connectivity index (χ1v) is 15.9. The zero-order valence-electron chi connectivity index (χ0n) is 27.5. The highest BCUT2D eigenvalue weighted by molar-refractivity contribution is 5.43. The monoisotopic (exact) mass is 628 g/mol. The van der Waals surface area contributed by atoms with Crippen LogP contribution in [0.2, 0.25) is 0 Å². The van der Waals surface area contributed by atoms with E-state index in [-0.39, 0.29) is 43.2 Å². The maximum Gasteiger partial charge on any atom is 0.197 e. The molecule has 4 N–H and O–H groups in total. The lowest BCUT2D eigenvalue weighted by Crippen LogP contribution is -2.25. The molecule has 0 fully saturated rings. The molecule has 0 aliphatic carbocycles. The van der Waals surface area contributed by atoms with E-state index in [2.05, 4.69) is 27.7 Å². The summed E-state index contributed by atoms with van der Waals surface area (Å²) in [5, 5.41) is 39.2. The second-order valence-electron chi connectivity index (χ2n) is 12.8. The van der Waals surface area contributed by atoms with E-state index in [4.69, 9.17) is 14.2 Å². The Labute approximate surface area is 273 Å². The van der Waals surface area contributed by atoms with E-state index < -0.39 is 12.4 Å². The average Bonchev–Trinajstić information content (AvgIpc) is 3.07. The number of hydrogen-bond acceptors (Lipinski definition) is 7. The standard InChI is InChI=1S/C39H48O7/c1-6-37(43)46-36-21-15-32(16-22-36)39(4,5)31-13-19-35(20-14-31)45-26-33(42)25-44-34-17-11-30(12-18-34)38(2,3)29-9-7-27(8-10-29)28(23-40)24-41/h7-22,28,33,37,40-43H,6,23-26H2,1-5H3. The van der Waals surface area contributed by atoms with Crippen LogP contribution in [0.25, 0.3) is 0 Å². The van der Waals surface area contributed by atoms with Crippen molar-refractivity contribution >= 4 is 0 Å². The highest BCUT2D eigenvalue weighted by Crippen LogP contribution is 2.35. The minimum Gasteiger partial charge on any atom is -0.491 e. The largest absolute Gasteiger partial charge is 0.491 e. The van der Waals surface area contributed by atoms with Gasteiger partial charge in [-0.25, -0.2) is 0 Å². The second kappa shape index (κ2) is 15.6. The molecule has 0 aromatic heterocycles. The average molecular weight is 629 g/mol. The Bertz CT molecular complexity index is 1470. The summed E-state index contributed by atoms with van der Waals surface area (Å²) < 4.78 is 17.2. The van der Waals surface area contributed by atoms with Crippen LogP contribution in [0.1, 0.15) is 74.8 Å². The molecule has 2 unspecified atom stereocenters. The van der Waals surface area contributed by atoms with Crippen LogP contribution in [0.4, 0.5) is 0 Å². The summed E-state index contributed by atoms with van der Waals surface area (Å²) in [5.74, 6) is 1.69. The Balaban J connectivity index is 1.27. The van der Waals surface area contributed by atoms with Gasteiger partial charge in [-0.1, -0.05) is 95.3 Å². The van der Waals surface area contributed by atoms with Crippen LogP contribution < -0.4 is 14.2 Å². The molecule has 4 aromatic carbocycles. The van der Waals surface area contributed by atoms with Crippen molar-refractivity contribution in [2.45, 2.75) is 70.2 Å². The Hall–Kier alpha value is -3.88. The number of aliphatic hydroxyl groups is 4. The van der Waals surface area contributed by atoms with Gasteiger partial charge in [0.1, 0.15) is 36.6 Å². The van der Waals surface area contributed by atoms with Crippen molar-refractivity contribution < 1.29 is 34.6 Å². The van der Waals surface area contributed by atoms with Gasteiger partial charge in [-0.3, -0.25) is 0 Å². The van der Waals surface area contributed by atoms with E-state index >= 15 is 0 Å². The fraction of sp³-hybridized carbons (Fsp3) is 0.385. The summed E-state index contributed by atoms with van der Waals surface area (Å²) in [7, 11) is 0. The maximum atomic E-state index is 10.5. The SMILES string of the molecule is CCC(O)Oc1ccc(C(C)(C)c2ccc(OCC(O)COc3ccc(C(C)(C)c4ccc(C(CO)CO)cc4)cc3)cc2)cc1.